The van der Waals surface area contributed by atoms with Gasteiger partial charge in [-0.1, -0.05) is 0 Å². The Morgan fingerprint density at radius 3 is 2.37 bits per heavy atom. The standard InChI is InChI=1S/C22H31N5O3/c28-20-6-5-19(22(30)25-20)24-21(29)17-1-3-18(4-2-17)27-11-7-16(8-12-27)15-26-13-9-23-10-14-26/h1-4,16,19,23H,5-15H2,(H,24,29)(H,25,28,30). The van der Waals surface area contributed by atoms with E-state index in [1.165, 1.54) is 19.4 Å². The summed E-state index contributed by atoms with van der Waals surface area (Å²) in [5.41, 5.74) is 1.66. The summed E-state index contributed by atoms with van der Waals surface area (Å²) >= 11 is 0. The lowest BCUT2D eigenvalue weighted by atomic mass is 9.95. The van der Waals surface area contributed by atoms with Crippen LogP contribution in [0.1, 0.15) is 36.0 Å². The van der Waals surface area contributed by atoms with E-state index in [9.17, 15) is 14.4 Å². The monoisotopic (exact) mass is 413 g/mol. The van der Waals surface area contributed by atoms with Gasteiger partial charge in [0.1, 0.15) is 6.04 Å². The van der Waals surface area contributed by atoms with Gasteiger partial charge in [0.2, 0.25) is 11.8 Å². The number of piperazine rings is 1. The van der Waals surface area contributed by atoms with Crippen molar-refractivity contribution in [1.82, 2.24) is 20.9 Å². The molecular formula is C22H31N5O3. The number of nitrogens with zero attached hydrogens (tertiary/aromatic N) is 2. The second-order valence-corrected chi connectivity index (χ2v) is 8.51. The molecule has 3 aliphatic heterocycles. The van der Waals surface area contributed by atoms with Crippen LogP contribution in [0.4, 0.5) is 5.69 Å². The van der Waals surface area contributed by atoms with Crippen LogP contribution in [0.5, 0.6) is 0 Å². The zero-order chi connectivity index (χ0) is 20.9. The summed E-state index contributed by atoms with van der Waals surface area (Å²) in [4.78, 5) is 40.5. The molecule has 1 aromatic rings. The molecule has 3 N–H and O–H groups in total. The number of piperidine rings is 2. The quantitative estimate of drug-likeness (QED) is 0.603. The van der Waals surface area contributed by atoms with Gasteiger partial charge in [-0.3, -0.25) is 19.7 Å². The molecule has 30 heavy (non-hydrogen) atoms. The number of hydrogen-bond donors (Lipinski definition) is 3. The van der Waals surface area contributed by atoms with Crippen LogP contribution < -0.4 is 20.9 Å². The van der Waals surface area contributed by atoms with Crippen molar-refractivity contribution in [2.24, 2.45) is 5.92 Å². The molecule has 0 bridgehead atoms. The van der Waals surface area contributed by atoms with Crippen LogP contribution in [-0.4, -0.2) is 74.5 Å². The van der Waals surface area contributed by atoms with Crippen LogP contribution in [0, 0.1) is 5.92 Å². The fourth-order valence-corrected chi connectivity index (χ4v) is 4.53. The van der Waals surface area contributed by atoms with Crippen LogP contribution in [0.3, 0.4) is 0 Å². The van der Waals surface area contributed by atoms with Crippen LogP contribution in [-0.2, 0) is 9.59 Å². The molecule has 8 nitrogen and oxygen atoms in total. The first-order valence-corrected chi connectivity index (χ1v) is 11.0. The second kappa shape index (κ2) is 9.57. The van der Waals surface area contributed by atoms with Crippen molar-refractivity contribution in [2.75, 3.05) is 50.7 Å². The third-order valence-electron chi connectivity index (χ3n) is 6.38. The Hall–Kier alpha value is -2.45. The average Bonchev–Trinajstić information content (AvgIpc) is 2.77. The largest absolute Gasteiger partial charge is 0.372 e. The lowest BCUT2D eigenvalue weighted by Gasteiger charge is -2.37. The van der Waals surface area contributed by atoms with Gasteiger partial charge in [0.15, 0.2) is 0 Å². The number of benzene rings is 1. The maximum Gasteiger partial charge on any atom is 0.251 e. The van der Waals surface area contributed by atoms with E-state index in [1.807, 2.05) is 24.3 Å². The highest BCUT2D eigenvalue weighted by Gasteiger charge is 2.28. The Morgan fingerprint density at radius 1 is 1.00 bits per heavy atom. The molecule has 1 atom stereocenters. The van der Waals surface area contributed by atoms with Crippen LogP contribution in [0.15, 0.2) is 24.3 Å². The number of rotatable bonds is 5. The van der Waals surface area contributed by atoms with Crippen molar-refractivity contribution in [3.8, 4) is 0 Å². The van der Waals surface area contributed by atoms with Gasteiger partial charge < -0.3 is 20.4 Å². The number of anilines is 1. The number of nitrogens with one attached hydrogen (secondary N) is 3. The van der Waals surface area contributed by atoms with Crippen molar-refractivity contribution in [1.29, 1.82) is 0 Å². The second-order valence-electron chi connectivity index (χ2n) is 8.51. The predicted octanol–water partition coefficient (Wildman–Crippen LogP) is 0.343. The summed E-state index contributed by atoms with van der Waals surface area (Å²) in [6, 6.07) is 6.93. The van der Waals surface area contributed by atoms with E-state index in [0.717, 1.165) is 50.9 Å². The SMILES string of the molecule is O=C1CCC(NC(=O)c2ccc(N3CCC(CN4CCNCC4)CC3)cc2)C(=O)N1. The highest BCUT2D eigenvalue weighted by atomic mass is 16.2. The average molecular weight is 414 g/mol. The Balaban J connectivity index is 1.26. The maximum atomic E-state index is 12.5. The fourth-order valence-electron chi connectivity index (χ4n) is 4.53. The number of carbonyl (C=O) groups excluding carboxylic acids is 3. The van der Waals surface area contributed by atoms with Gasteiger partial charge in [-0.2, -0.15) is 0 Å². The van der Waals surface area contributed by atoms with Gasteiger partial charge in [0.25, 0.3) is 5.91 Å². The first-order valence-electron chi connectivity index (χ1n) is 11.0. The molecule has 8 heteroatoms. The number of hydrogen-bond acceptors (Lipinski definition) is 6. The number of amides is 3. The molecule has 162 valence electrons. The molecule has 3 saturated heterocycles. The zero-order valence-electron chi connectivity index (χ0n) is 17.4. The molecule has 3 fully saturated rings. The Kier molecular flexibility index (Phi) is 6.64. The summed E-state index contributed by atoms with van der Waals surface area (Å²) in [6.07, 6.45) is 2.99. The normalized spacial score (nSPS) is 23.9. The molecule has 3 amide bonds. The van der Waals surface area contributed by atoms with Gasteiger partial charge in [0.05, 0.1) is 0 Å². The lowest BCUT2D eigenvalue weighted by Crippen LogP contribution is -2.52. The first-order chi connectivity index (χ1) is 14.6. The Morgan fingerprint density at radius 2 is 1.70 bits per heavy atom. The van der Waals surface area contributed by atoms with E-state index in [0.29, 0.717) is 12.0 Å². The summed E-state index contributed by atoms with van der Waals surface area (Å²) in [7, 11) is 0. The zero-order valence-corrected chi connectivity index (χ0v) is 17.4. The third kappa shape index (κ3) is 5.17. The van der Waals surface area contributed by atoms with E-state index in [-0.39, 0.29) is 18.2 Å². The Bertz CT molecular complexity index is 767. The van der Waals surface area contributed by atoms with Crippen molar-refractivity contribution in [3.63, 3.8) is 0 Å². The molecule has 3 aliphatic rings. The summed E-state index contributed by atoms with van der Waals surface area (Å²) in [5.74, 6) is -0.241. The van der Waals surface area contributed by atoms with Crippen LogP contribution >= 0.6 is 0 Å². The molecule has 4 rings (SSSR count). The van der Waals surface area contributed by atoms with Crippen molar-refractivity contribution in [2.45, 2.75) is 31.7 Å². The van der Waals surface area contributed by atoms with E-state index in [2.05, 4.69) is 25.8 Å². The van der Waals surface area contributed by atoms with Crippen molar-refractivity contribution >= 4 is 23.4 Å². The molecule has 0 aliphatic carbocycles. The third-order valence-corrected chi connectivity index (χ3v) is 6.38. The van der Waals surface area contributed by atoms with E-state index in [4.69, 9.17) is 0 Å². The van der Waals surface area contributed by atoms with Crippen molar-refractivity contribution < 1.29 is 14.4 Å². The summed E-state index contributed by atoms with van der Waals surface area (Å²) in [5, 5.41) is 8.39. The summed E-state index contributed by atoms with van der Waals surface area (Å²) in [6.45, 7) is 7.79. The molecule has 0 radical (unpaired) electrons. The van der Waals surface area contributed by atoms with Gasteiger partial charge in [0, 0.05) is 63.5 Å². The Labute approximate surface area is 177 Å². The summed E-state index contributed by atoms with van der Waals surface area (Å²) < 4.78 is 0. The van der Waals surface area contributed by atoms with E-state index in [1.54, 1.807) is 0 Å². The van der Waals surface area contributed by atoms with Crippen molar-refractivity contribution in [3.05, 3.63) is 29.8 Å². The molecule has 1 aromatic carbocycles. The first kappa shape index (κ1) is 20.8. The minimum Gasteiger partial charge on any atom is -0.372 e. The lowest BCUT2D eigenvalue weighted by molar-refractivity contribution is -0.134. The smallest absolute Gasteiger partial charge is 0.251 e. The van der Waals surface area contributed by atoms with Gasteiger partial charge in [-0.15, -0.1) is 0 Å². The molecular weight excluding hydrogens is 382 g/mol. The molecule has 0 spiro atoms. The van der Waals surface area contributed by atoms with Crippen LogP contribution in [0.25, 0.3) is 0 Å². The minimum atomic E-state index is -0.649. The molecule has 0 saturated carbocycles. The van der Waals surface area contributed by atoms with Gasteiger partial charge in [-0.05, 0) is 49.4 Å². The predicted molar refractivity (Wildman–Crippen MR) is 114 cm³/mol. The van der Waals surface area contributed by atoms with E-state index < -0.39 is 11.9 Å². The van der Waals surface area contributed by atoms with E-state index >= 15 is 0 Å². The fraction of sp³-hybridized carbons (Fsp3) is 0.591. The molecule has 1 unspecified atom stereocenters. The molecule has 3 heterocycles. The molecule has 0 aromatic heterocycles. The topological polar surface area (TPSA) is 93.8 Å². The van der Waals surface area contributed by atoms with Gasteiger partial charge in [-0.25, -0.2) is 0 Å². The maximum absolute atomic E-state index is 12.5. The minimum absolute atomic E-state index is 0.250. The number of imide groups is 1. The highest BCUT2D eigenvalue weighted by Crippen LogP contribution is 2.24. The van der Waals surface area contributed by atoms with Gasteiger partial charge >= 0.3 is 0 Å². The highest BCUT2D eigenvalue weighted by molar-refractivity contribution is 6.03. The number of carbonyl (C=O) groups is 3. The van der Waals surface area contributed by atoms with Crippen LogP contribution in [0.2, 0.25) is 0 Å².